The summed E-state index contributed by atoms with van der Waals surface area (Å²) in [4.78, 5) is 2.40. The van der Waals surface area contributed by atoms with Crippen molar-refractivity contribution in [1.29, 1.82) is 0 Å². The van der Waals surface area contributed by atoms with Crippen molar-refractivity contribution in [3.63, 3.8) is 0 Å². The Hall–Kier alpha value is -0.420. The van der Waals surface area contributed by atoms with E-state index in [-0.39, 0.29) is 18.7 Å². The minimum atomic E-state index is 0.0803. The summed E-state index contributed by atoms with van der Waals surface area (Å²) in [7, 11) is 0. The molecular weight excluding hydrogens is 292 g/mol. The molecule has 1 saturated heterocycles. The van der Waals surface area contributed by atoms with E-state index in [1.54, 1.807) is 0 Å². The first-order valence-corrected chi connectivity index (χ1v) is 7.27. The lowest BCUT2D eigenvalue weighted by molar-refractivity contribution is 0.185. The average molecular weight is 313 g/mol. The van der Waals surface area contributed by atoms with Crippen molar-refractivity contribution in [3.8, 4) is 0 Å². The zero-order chi connectivity index (χ0) is 13.1. The molecule has 0 saturated carbocycles. The smallest absolute Gasteiger partial charge is 0.0497 e. The van der Waals surface area contributed by atoms with E-state index in [1.165, 1.54) is 5.56 Å². The topological polar surface area (TPSA) is 49.5 Å². The fraction of sp³-hybridized carbons (Fsp3) is 0.571. The second-order valence-electron chi connectivity index (χ2n) is 5.19. The molecule has 1 aromatic carbocycles. The Morgan fingerprint density at radius 1 is 1.56 bits per heavy atom. The summed E-state index contributed by atoms with van der Waals surface area (Å²) < 4.78 is 1.09. The van der Waals surface area contributed by atoms with Gasteiger partial charge in [-0.05, 0) is 43.5 Å². The summed E-state index contributed by atoms with van der Waals surface area (Å²) in [6.45, 7) is 4.29. The Morgan fingerprint density at radius 3 is 2.89 bits per heavy atom. The molecule has 1 heterocycles. The van der Waals surface area contributed by atoms with Gasteiger partial charge in [0.2, 0.25) is 0 Å². The third-order valence-electron chi connectivity index (χ3n) is 3.66. The summed E-state index contributed by atoms with van der Waals surface area (Å²) >= 11 is 3.51. The van der Waals surface area contributed by atoms with Crippen LogP contribution in [0.2, 0.25) is 0 Å². The fourth-order valence-electron chi connectivity index (χ4n) is 2.80. The van der Waals surface area contributed by atoms with Crippen molar-refractivity contribution in [1.82, 2.24) is 4.90 Å². The molecular formula is C14H21BrN2O. The van der Waals surface area contributed by atoms with Crippen molar-refractivity contribution in [2.24, 2.45) is 11.7 Å². The van der Waals surface area contributed by atoms with Gasteiger partial charge >= 0.3 is 0 Å². The van der Waals surface area contributed by atoms with Gasteiger partial charge in [-0.3, -0.25) is 4.90 Å². The third kappa shape index (κ3) is 3.12. The Kier molecular flexibility index (Phi) is 4.78. The summed E-state index contributed by atoms with van der Waals surface area (Å²) in [5.41, 5.74) is 7.41. The normalized spacial score (nSPS) is 24.1. The van der Waals surface area contributed by atoms with Crippen LogP contribution in [0, 0.1) is 5.92 Å². The molecule has 3 N–H and O–H groups in total. The minimum Gasteiger partial charge on any atom is -0.396 e. The van der Waals surface area contributed by atoms with E-state index in [1.807, 2.05) is 12.1 Å². The van der Waals surface area contributed by atoms with Gasteiger partial charge in [0.05, 0.1) is 0 Å². The van der Waals surface area contributed by atoms with Crippen LogP contribution in [0.15, 0.2) is 28.7 Å². The van der Waals surface area contributed by atoms with Crippen LogP contribution in [0.1, 0.15) is 24.9 Å². The average Bonchev–Trinajstić information content (AvgIpc) is 2.77. The van der Waals surface area contributed by atoms with Gasteiger partial charge < -0.3 is 10.8 Å². The maximum atomic E-state index is 9.25. The Bertz CT molecular complexity index is 397. The monoisotopic (exact) mass is 312 g/mol. The summed E-state index contributed by atoms with van der Waals surface area (Å²) in [5.74, 6) is 0.401. The van der Waals surface area contributed by atoms with Crippen LogP contribution >= 0.6 is 15.9 Å². The van der Waals surface area contributed by atoms with Gasteiger partial charge in [0.1, 0.15) is 0 Å². The van der Waals surface area contributed by atoms with Crippen LogP contribution in [0.25, 0.3) is 0 Å². The molecule has 0 spiro atoms. The molecule has 0 amide bonds. The highest BCUT2D eigenvalue weighted by atomic mass is 79.9. The zero-order valence-electron chi connectivity index (χ0n) is 10.7. The Balaban J connectivity index is 2.19. The third-order valence-corrected chi connectivity index (χ3v) is 4.15. The van der Waals surface area contributed by atoms with Gasteiger partial charge in [-0.2, -0.15) is 0 Å². The number of hydrogen-bond donors (Lipinski definition) is 2. The lowest BCUT2D eigenvalue weighted by Crippen LogP contribution is -2.38. The van der Waals surface area contributed by atoms with Crippen molar-refractivity contribution >= 4 is 15.9 Å². The molecule has 1 fully saturated rings. The van der Waals surface area contributed by atoms with Gasteiger partial charge in [-0.1, -0.05) is 28.1 Å². The number of aliphatic hydroxyl groups is 1. The molecule has 3 nitrogen and oxygen atoms in total. The van der Waals surface area contributed by atoms with Crippen LogP contribution in [0.5, 0.6) is 0 Å². The van der Waals surface area contributed by atoms with E-state index < -0.39 is 0 Å². The van der Waals surface area contributed by atoms with E-state index in [9.17, 15) is 5.11 Å². The molecule has 2 rings (SSSR count). The summed E-state index contributed by atoms with van der Waals surface area (Å²) in [5, 5.41) is 9.25. The van der Waals surface area contributed by atoms with Crippen LogP contribution in [0.3, 0.4) is 0 Å². The molecule has 3 unspecified atom stereocenters. The summed E-state index contributed by atoms with van der Waals surface area (Å²) in [6, 6.07) is 8.66. The predicted octanol–water partition coefficient (Wildman–Crippen LogP) is 2.15. The van der Waals surface area contributed by atoms with Crippen LogP contribution in [-0.4, -0.2) is 35.7 Å². The van der Waals surface area contributed by atoms with E-state index >= 15 is 0 Å². The first-order chi connectivity index (χ1) is 8.61. The van der Waals surface area contributed by atoms with Gasteiger partial charge in [0.15, 0.2) is 0 Å². The predicted molar refractivity (Wildman–Crippen MR) is 77.3 cm³/mol. The van der Waals surface area contributed by atoms with E-state index in [0.29, 0.717) is 5.92 Å². The molecule has 0 radical (unpaired) electrons. The molecule has 4 heteroatoms. The maximum absolute atomic E-state index is 9.25. The van der Waals surface area contributed by atoms with Gasteiger partial charge in [-0.15, -0.1) is 0 Å². The van der Waals surface area contributed by atoms with E-state index in [4.69, 9.17) is 5.73 Å². The van der Waals surface area contributed by atoms with E-state index in [2.05, 4.69) is 39.9 Å². The van der Waals surface area contributed by atoms with Gasteiger partial charge in [0, 0.05) is 29.7 Å². The van der Waals surface area contributed by atoms with Crippen molar-refractivity contribution in [2.45, 2.75) is 25.4 Å². The lowest BCUT2D eigenvalue weighted by atomic mass is 9.99. The lowest BCUT2D eigenvalue weighted by Gasteiger charge is -2.31. The number of likely N-dealkylation sites (tertiary alicyclic amines) is 1. The molecule has 100 valence electrons. The number of rotatable bonds is 4. The number of nitrogens with zero attached hydrogens (tertiary/aromatic N) is 1. The largest absolute Gasteiger partial charge is 0.396 e. The maximum Gasteiger partial charge on any atom is 0.0497 e. The first kappa shape index (κ1) is 14.0. The molecule has 1 aromatic rings. The van der Waals surface area contributed by atoms with Crippen molar-refractivity contribution in [2.75, 3.05) is 19.7 Å². The number of hydrogen-bond acceptors (Lipinski definition) is 3. The van der Waals surface area contributed by atoms with Crippen molar-refractivity contribution < 1.29 is 5.11 Å². The highest BCUT2D eigenvalue weighted by Gasteiger charge is 2.30. The van der Waals surface area contributed by atoms with Crippen LogP contribution in [-0.2, 0) is 0 Å². The molecule has 1 aliphatic rings. The van der Waals surface area contributed by atoms with E-state index in [0.717, 1.165) is 24.0 Å². The highest BCUT2D eigenvalue weighted by Crippen LogP contribution is 2.30. The number of nitrogens with two attached hydrogens (primary N) is 1. The van der Waals surface area contributed by atoms with Crippen LogP contribution in [0.4, 0.5) is 0 Å². The minimum absolute atomic E-state index is 0.0803. The Labute approximate surface area is 117 Å². The molecule has 18 heavy (non-hydrogen) atoms. The fourth-order valence-corrected chi connectivity index (χ4v) is 3.22. The summed E-state index contributed by atoms with van der Waals surface area (Å²) in [6.07, 6.45) is 1.06. The molecule has 0 aromatic heterocycles. The second-order valence-corrected chi connectivity index (χ2v) is 6.11. The van der Waals surface area contributed by atoms with Gasteiger partial charge in [0.25, 0.3) is 0 Å². The van der Waals surface area contributed by atoms with Crippen molar-refractivity contribution in [3.05, 3.63) is 34.3 Å². The van der Waals surface area contributed by atoms with Gasteiger partial charge in [-0.25, -0.2) is 0 Å². The Morgan fingerprint density at radius 2 is 2.33 bits per heavy atom. The molecule has 3 atom stereocenters. The number of aliphatic hydroxyl groups excluding tert-OH is 1. The number of benzene rings is 1. The molecule has 0 bridgehead atoms. The molecule has 1 aliphatic heterocycles. The first-order valence-electron chi connectivity index (χ1n) is 6.47. The van der Waals surface area contributed by atoms with Crippen LogP contribution < -0.4 is 5.73 Å². The standard InChI is InChI=1S/C14H21BrN2O/c1-10(16)14(12-3-2-4-13(15)7-12)17-6-5-11(8-17)9-18/h2-4,7,10-11,14,18H,5-6,8-9,16H2,1H3. The zero-order valence-corrected chi connectivity index (χ0v) is 12.3. The highest BCUT2D eigenvalue weighted by molar-refractivity contribution is 9.10. The quantitative estimate of drug-likeness (QED) is 0.895. The SMILES string of the molecule is CC(N)C(c1cccc(Br)c1)N1CCC(CO)C1. The second kappa shape index (κ2) is 6.15. The number of halogens is 1. The molecule has 0 aliphatic carbocycles.